The van der Waals surface area contributed by atoms with E-state index in [4.69, 9.17) is 10.5 Å². The van der Waals surface area contributed by atoms with Crippen molar-refractivity contribution < 1.29 is 17.9 Å². The number of ether oxygens (including phenoxy) is 1. The molecule has 2 aromatic rings. The molecule has 0 aliphatic rings. The van der Waals surface area contributed by atoms with Gasteiger partial charge in [-0.3, -0.25) is 0 Å². The van der Waals surface area contributed by atoms with Crippen molar-refractivity contribution in [3.63, 3.8) is 0 Å². The lowest BCUT2D eigenvalue weighted by atomic mass is 10.2. The van der Waals surface area contributed by atoms with Gasteiger partial charge in [0, 0.05) is 6.54 Å². The maximum atomic E-state index is 12.9. The number of alkyl halides is 3. The van der Waals surface area contributed by atoms with Crippen molar-refractivity contribution >= 4 is 11.3 Å². The van der Waals surface area contributed by atoms with Gasteiger partial charge in [-0.15, -0.1) is 11.3 Å². The zero-order valence-electron chi connectivity index (χ0n) is 10.7. The van der Waals surface area contributed by atoms with E-state index in [9.17, 15) is 13.2 Å². The normalized spacial score (nSPS) is 11.7. The third-order valence-electron chi connectivity index (χ3n) is 2.57. The molecule has 2 rings (SSSR count). The second-order valence-corrected chi connectivity index (χ2v) is 5.01. The van der Waals surface area contributed by atoms with Crippen LogP contribution < -0.4 is 10.5 Å². The highest BCUT2D eigenvalue weighted by atomic mass is 32.1. The van der Waals surface area contributed by atoms with Crippen LogP contribution in [0, 0.1) is 0 Å². The molecule has 0 aliphatic heterocycles. The quantitative estimate of drug-likeness (QED) is 0.937. The Morgan fingerprint density at radius 2 is 2.00 bits per heavy atom. The van der Waals surface area contributed by atoms with Gasteiger partial charge in [-0.25, -0.2) is 4.98 Å². The SMILES string of the molecule is CCOc1ccccc1-c1nc(C(F)(F)F)c(CN)s1. The van der Waals surface area contributed by atoms with Crippen LogP contribution in [0.15, 0.2) is 24.3 Å². The molecule has 3 nitrogen and oxygen atoms in total. The number of rotatable bonds is 4. The number of thiazole rings is 1. The average Bonchev–Trinajstić information content (AvgIpc) is 2.84. The van der Waals surface area contributed by atoms with E-state index >= 15 is 0 Å². The third-order valence-corrected chi connectivity index (χ3v) is 3.68. The minimum atomic E-state index is -4.50. The van der Waals surface area contributed by atoms with Gasteiger partial charge < -0.3 is 10.5 Å². The first-order chi connectivity index (χ1) is 9.47. The minimum absolute atomic E-state index is 0.0267. The fourth-order valence-electron chi connectivity index (χ4n) is 1.75. The molecule has 0 aliphatic carbocycles. The summed E-state index contributed by atoms with van der Waals surface area (Å²) in [7, 11) is 0. The fourth-order valence-corrected chi connectivity index (χ4v) is 2.74. The highest BCUT2D eigenvalue weighted by Gasteiger charge is 2.37. The van der Waals surface area contributed by atoms with E-state index in [1.807, 2.05) is 6.92 Å². The highest BCUT2D eigenvalue weighted by Crippen LogP contribution is 2.39. The van der Waals surface area contributed by atoms with Gasteiger partial charge in [-0.2, -0.15) is 13.2 Å². The molecule has 0 unspecified atom stereocenters. The van der Waals surface area contributed by atoms with Crippen LogP contribution in [0.2, 0.25) is 0 Å². The van der Waals surface area contributed by atoms with E-state index in [1.54, 1.807) is 24.3 Å². The Morgan fingerprint density at radius 3 is 2.55 bits per heavy atom. The van der Waals surface area contributed by atoms with Crippen LogP contribution in [-0.4, -0.2) is 11.6 Å². The first-order valence-corrected chi connectivity index (χ1v) is 6.78. The molecule has 0 fully saturated rings. The van der Waals surface area contributed by atoms with Gasteiger partial charge in [-0.05, 0) is 19.1 Å². The van der Waals surface area contributed by atoms with Crippen molar-refractivity contribution in [3.8, 4) is 16.3 Å². The largest absolute Gasteiger partial charge is 0.493 e. The Kier molecular flexibility index (Phi) is 4.29. The van der Waals surface area contributed by atoms with Gasteiger partial charge >= 0.3 is 6.18 Å². The molecule has 20 heavy (non-hydrogen) atoms. The summed E-state index contributed by atoms with van der Waals surface area (Å²) in [4.78, 5) is 3.73. The first-order valence-electron chi connectivity index (χ1n) is 5.96. The van der Waals surface area contributed by atoms with Crippen LogP contribution in [0.1, 0.15) is 17.5 Å². The van der Waals surface area contributed by atoms with Gasteiger partial charge in [0.2, 0.25) is 0 Å². The molecule has 7 heteroatoms. The molecule has 1 heterocycles. The fraction of sp³-hybridized carbons (Fsp3) is 0.308. The average molecular weight is 302 g/mol. The third kappa shape index (κ3) is 2.94. The molecule has 0 bridgehead atoms. The number of nitrogens with zero attached hydrogens (tertiary/aromatic N) is 1. The van der Waals surface area contributed by atoms with Crippen LogP contribution in [0.25, 0.3) is 10.6 Å². The van der Waals surface area contributed by atoms with Crippen molar-refractivity contribution in [2.45, 2.75) is 19.6 Å². The Hall–Kier alpha value is -1.60. The molecule has 2 N–H and O–H groups in total. The Labute approximate surface area is 118 Å². The minimum Gasteiger partial charge on any atom is -0.493 e. The molecule has 0 amide bonds. The summed E-state index contributed by atoms with van der Waals surface area (Å²) in [5, 5.41) is 0.266. The topological polar surface area (TPSA) is 48.1 Å². The summed E-state index contributed by atoms with van der Waals surface area (Å²) in [5.74, 6) is 0.515. The molecule has 0 spiro atoms. The Morgan fingerprint density at radius 1 is 1.30 bits per heavy atom. The van der Waals surface area contributed by atoms with E-state index in [-0.39, 0.29) is 16.4 Å². The van der Waals surface area contributed by atoms with Crippen molar-refractivity contribution in [3.05, 3.63) is 34.8 Å². The summed E-state index contributed by atoms with van der Waals surface area (Å²) in [5.41, 5.74) is 5.01. The molecule has 1 aromatic heterocycles. The summed E-state index contributed by atoms with van der Waals surface area (Å²) in [6.45, 7) is 2.05. The molecule has 0 radical (unpaired) electrons. The molecule has 0 saturated heterocycles. The zero-order chi connectivity index (χ0) is 14.8. The summed E-state index contributed by atoms with van der Waals surface area (Å²) < 4.78 is 44.0. The smallest absolute Gasteiger partial charge is 0.434 e. The molecule has 108 valence electrons. The van der Waals surface area contributed by atoms with Gasteiger partial charge in [0.1, 0.15) is 10.8 Å². The van der Waals surface area contributed by atoms with E-state index < -0.39 is 11.9 Å². The molecule has 0 atom stereocenters. The number of para-hydroxylation sites is 1. The maximum absolute atomic E-state index is 12.9. The lowest BCUT2D eigenvalue weighted by molar-refractivity contribution is -0.141. The van der Waals surface area contributed by atoms with Crippen molar-refractivity contribution in [1.29, 1.82) is 0 Å². The number of hydrogen-bond donors (Lipinski definition) is 1. The number of nitrogens with two attached hydrogens (primary N) is 1. The van der Waals surface area contributed by atoms with Crippen molar-refractivity contribution in [1.82, 2.24) is 4.98 Å². The van der Waals surface area contributed by atoms with Crippen LogP contribution >= 0.6 is 11.3 Å². The number of halogens is 3. The van der Waals surface area contributed by atoms with E-state index in [1.165, 1.54) is 0 Å². The maximum Gasteiger partial charge on any atom is 0.434 e. The lowest BCUT2D eigenvalue weighted by Gasteiger charge is -2.07. The van der Waals surface area contributed by atoms with Crippen LogP contribution in [0.4, 0.5) is 13.2 Å². The molecular weight excluding hydrogens is 289 g/mol. The number of aromatic nitrogens is 1. The number of hydrogen-bond acceptors (Lipinski definition) is 4. The standard InChI is InChI=1S/C13H13F3N2OS/c1-2-19-9-6-4-3-5-8(9)12-18-11(13(14,15)16)10(7-17)20-12/h3-6H,2,7,17H2,1H3. The van der Waals surface area contributed by atoms with Crippen LogP contribution in [0.5, 0.6) is 5.75 Å². The van der Waals surface area contributed by atoms with Gasteiger partial charge in [0.25, 0.3) is 0 Å². The Bertz CT molecular complexity index is 596. The highest BCUT2D eigenvalue weighted by molar-refractivity contribution is 7.15. The monoisotopic (exact) mass is 302 g/mol. The lowest BCUT2D eigenvalue weighted by Crippen LogP contribution is -2.10. The van der Waals surface area contributed by atoms with Crippen molar-refractivity contribution in [2.24, 2.45) is 5.73 Å². The predicted molar refractivity (Wildman–Crippen MR) is 71.6 cm³/mol. The second-order valence-electron chi connectivity index (χ2n) is 3.92. The van der Waals surface area contributed by atoms with E-state index in [2.05, 4.69) is 4.98 Å². The van der Waals surface area contributed by atoms with E-state index in [0.29, 0.717) is 17.9 Å². The van der Waals surface area contributed by atoms with Crippen LogP contribution in [0.3, 0.4) is 0 Å². The van der Waals surface area contributed by atoms with Gasteiger partial charge in [-0.1, -0.05) is 12.1 Å². The van der Waals surface area contributed by atoms with Crippen molar-refractivity contribution in [2.75, 3.05) is 6.61 Å². The number of benzene rings is 1. The van der Waals surface area contributed by atoms with Crippen LogP contribution in [-0.2, 0) is 12.7 Å². The summed E-state index contributed by atoms with van der Waals surface area (Å²) in [6, 6.07) is 6.88. The zero-order valence-corrected chi connectivity index (χ0v) is 11.5. The first kappa shape index (κ1) is 14.8. The molecular formula is C13H13F3N2OS. The predicted octanol–water partition coefficient (Wildman–Crippen LogP) is 3.69. The summed E-state index contributed by atoms with van der Waals surface area (Å²) in [6.07, 6.45) is -4.50. The van der Waals surface area contributed by atoms with E-state index in [0.717, 1.165) is 11.3 Å². The van der Waals surface area contributed by atoms with Gasteiger partial charge in [0.15, 0.2) is 5.69 Å². The Balaban J connectivity index is 2.51. The molecule has 1 aromatic carbocycles. The molecule has 0 saturated carbocycles. The summed E-state index contributed by atoms with van der Waals surface area (Å²) >= 11 is 0.943. The second kappa shape index (κ2) is 5.80. The van der Waals surface area contributed by atoms with Gasteiger partial charge in [0.05, 0.1) is 17.0 Å².